The molecule has 10 heteroatoms. The van der Waals surface area contributed by atoms with Gasteiger partial charge in [0.05, 0.1) is 10.6 Å². The molecule has 0 N–H and O–H groups in total. The van der Waals surface area contributed by atoms with E-state index in [1.165, 1.54) is 39.5 Å². The van der Waals surface area contributed by atoms with E-state index in [-0.39, 0.29) is 10.6 Å². The second-order valence-corrected chi connectivity index (χ2v) is 9.29. The van der Waals surface area contributed by atoms with Crippen molar-refractivity contribution < 1.29 is 21.7 Å². The van der Waals surface area contributed by atoms with E-state index in [4.69, 9.17) is 18.8 Å². The molecular formula is C14H19N3O5SSi. The molecule has 1 aromatic rings. The number of nitrogens with zero attached hydrogens (tertiary/aromatic N) is 3. The largest absolute Gasteiger partial charge is 0.528 e. The van der Waals surface area contributed by atoms with Crippen molar-refractivity contribution in [3.63, 3.8) is 0 Å². The van der Waals surface area contributed by atoms with Crippen molar-refractivity contribution in [2.75, 3.05) is 27.1 Å². The van der Waals surface area contributed by atoms with Gasteiger partial charge in [0.25, 0.3) is 0 Å². The molecule has 0 aliphatic heterocycles. The van der Waals surface area contributed by atoms with Gasteiger partial charge in [0.1, 0.15) is 0 Å². The Morgan fingerprint density at radius 2 is 1.75 bits per heavy atom. The van der Waals surface area contributed by atoms with Crippen LogP contribution in [0.5, 0.6) is 0 Å². The molecule has 0 bridgehead atoms. The van der Waals surface area contributed by atoms with Crippen LogP contribution < -0.4 is 0 Å². The van der Waals surface area contributed by atoms with Crippen molar-refractivity contribution >= 4 is 24.7 Å². The van der Waals surface area contributed by atoms with E-state index in [9.17, 15) is 8.42 Å². The summed E-state index contributed by atoms with van der Waals surface area (Å²) in [5.41, 5.74) is 10.6. The van der Waals surface area contributed by atoms with Gasteiger partial charge in [0, 0.05) is 26.2 Å². The Hall–Kier alpha value is -1.94. The van der Waals surface area contributed by atoms with Crippen LogP contribution >= 0.6 is 0 Å². The number of hydrogen-bond acceptors (Lipinski definition) is 6. The van der Waals surface area contributed by atoms with Crippen molar-refractivity contribution in [2.45, 2.75) is 4.90 Å². The summed E-state index contributed by atoms with van der Waals surface area (Å²) >= 11 is 0. The maximum atomic E-state index is 12.1. The Bertz CT molecular complexity index is 728. The van der Waals surface area contributed by atoms with Gasteiger partial charge in [-0.1, -0.05) is 29.4 Å². The lowest BCUT2D eigenvalue weighted by atomic mass is 10.2. The van der Waals surface area contributed by atoms with Gasteiger partial charge in [-0.3, -0.25) is 0 Å². The summed E-state index contributed by atoms with van der Waals surface area (Å²) in [7, 11) is -1.79. The van der Waals surface area contributed by atoms with Crippen LogP contribution in [-0.4, -0.2) is 44.3 Å². The zero-order valence-corrected chi connectivity index (χ0v) is 15.4. The zero-order valence-electron chi connectivity index (χ0n) is 13.6. The molecule has 0 aliphatic carbocycles. The van der Waals surface area contributed by atoms with Gasteiger partial charge in [-0.15, -0.1) is 0 Å². The molecule has 0 aromatic heterocycles. The van der Waals surface area contributed by atoms with Gasteiger partial charge >= 0.3 is 8.80 Å². The highest BCUT2D eigenvalue weighted by molar-refractivity contribution is 7.91. The van der Waals surface area contributed by atoms with Crippen LogP contribution in [-0.2, 0) is 23.1 Å². The van der Waals surface area contributed by atoms with Crippen LogP contribution in [0.1, 0.15) is 5.56 Å². The van der Waals surface area contributed by atoms with Crippen molar-refractivity contribution in [1.82, 2.24) is 0 Å². The maximum Gasteiger partial charge on any atom is 0.528 e. The molecule has 0 radical (unpaired) electrons. The first-order valence-corrected chi connectivity index (χ1v) is 10.2. The third-order valence-electron chi connectivity index (χ3n) is 3.11. The SMILES string of the molecule is CO[Si](C=Cc1ccc(S(=O)(=O)CC=CN=[N+]=[N-])cc1)(OC)OC. The molecule has 130 valence electrons. The summed E-state index contributed by atoms with van der Waals surface area (Å²) in [4.78, 5) is 2.69. The Morgan fingerprint density at radius 3 is 2.25 bits per heavy atom. The minimum Gasteiger partial charge on any atom is -0.374 e. The van der Waals surface area contributed by atoms with Crippen LogP contribution in [0.25, 0.3) is 16.5 Å². The number of azide groups is 1. The summed E-state index contributed by atoms with van der Waals surface area (Å²) in [6, 6.07) is 6.35. The number of rotatable bonds is 9. The molecule has 1 aromatic carbocycles. The zero-order chi connectivity index (χ0) is 18.1. The van der Waals surface area contributed by atoms with Crippen molar-refractivity contribution in [1.29, 1.82) is 0 Å². The molecule has 24 heavy (non-hydrogen) atoms. The van der Waals surface area contributed by atoms with Crippen molar-refractivity contribution in [3.8, 4) is 0 Å². The second-order valence-electron chi connectivity index (χ2n) is 4.49. The highest BCUT2D eigenvalue weighted by Crippen LogP contribution is 2.16. The van der Waals surface area contributed by atoms with Gasteiger partial charge in [-0.25, -0.2) is 8.42 Å². The molecule has 0 saturated carbocycles. The molecular weight excluding hydrogens is 350 g/mol. The fourth-order valence-electron chi connectivity index (χ4n) is 1.78. The normalized spacial score (nSPS) is 12.6. The number of benzene rings is 1. The molecule has 8 nitrogen and oxygen atoms in total. The minimum absolute atomic E-state index is 0.180. The number of sulfone groups is 1. The average molecular weight is 369 g/mol. The van der Waals surface area contributed by atoms with E-state index >= 15 is 0 Å². The summed E-state index contributed by atoms with van der Waals surface area (Å²) in [5, 5.41) is 3.15. The van der Waals surface area contributed by atoms with Gasteiger partial charge < -0.3 is 13.3 Å². The van der Waals surface area contributed by atoms with Gasteiger partial charge in [-0.2, -0.15) is 0 Å². The first-order chi connectivity index (χ1) is 11.4. The van der Waals surface area contributed by atoms with Gasteiger partial charge in [0.15, 0.2) is 9.84 Å². The molecule has 0 atom stereocenters. The van der Waals surface area contributed by atoms with Crippen LogP contribution in [0.3, 0.4) is 0 Å². The maximum absolute atomic E-state index is 12.1. The number of hydrogen-bond donors (Lipinski definition) is 0. The van der Waals surface area contributed by atoms with Crippen molar-refractivity contribution in [2.24, 2.45) is 5.11 Å². The van der Waals surface area contributed by atoms with Crippen LogP contribution in [0.4, 0.5) is 0 Å². The van der Waals surface area contributed by atoms with E-state index in [0.29, 0.717) is 0 Å². The highest BCUT2D eigenvalue weighted by Gasteiger charge is 2.34. The molecule has 0 fully saturated rings. The lowest BCUT2D eigenvalue weighted by Gasteiger charge is -2.20. The Kier molecular flexibility index (Phi) is 7.85. The standard InChI is InChI=1S/C14H19N3O5SSi/c1-20-24(21-2,22-3)12-9-13-5-7-14(8-6-13)23(18,19)11-4-10-16-17-15/h4-10,12H,11H2,1-3H3. The fourth-order valence-corrected chi connectivity index (χ4v) is 4.17. The summed E-state index contributed by atoms with van der Waals surface area (Å²) in [6.45, 7) is 0. The molecule has 0 unspecified atom stereocenters. The van der Waals surface area contributed by atoms with Crippen LogP contribution in [0, 0.1) is 0 Å². The van der Waals surface area contributed by atoms with E-state index in [2.05, 4.69) is 10.0 Å². The predicted octanol–water partition coefficient (Wildman–Crippen LogP) is 2.71. The molecule has 1 rings (SSSR count). The quantitative estimate of drug-likeness (QED) is 0.287. The van der Waals surface area contributed by atoms with E-state index in [1.54, 1.807) is 23.9 Å². The molecule has 0 amide bonds. The van der Waals surface area contributed by atoms with E-state index in [1.807, 2.05) is 0 Å². The molecule has 0 heterocycles. The first-order valence-electron chi connectivity index (χ1n) is 6.80. The third-order valence-corrected chi connectivity index (χ3v) is 7.02. The summed E-state index contributed by atoms with van der Waals surface area (Å²) in [6.07, 6.45) is 4.15. The van der Waals surface area contributed by atoms with E-state index in [0.717, 1.165) is 11.8 Å². The highest BCUT2D eigenvalue weighted by atomic mass is 32.2. The van der Waals surface area contributed by atoms with E-state index < -0.39 is 18.6 Å². The summed E-state index contributed by atoms with van der Waals surface area (Å²) < 4.78 is 40.0. The van der Waals surface area contributed by atoms with Crippen LogP contribution in [0.2, 0.25) is 0 Å². The topological polar surface area (TPSA) is 111 Å². The minimum atomic E-state index is -3.47. The smallest absolute Gasteiger partial charge is 0.374 e. The Labute approximate surface area is 142 Å². The third kappa shape index (κ3) is 5.60. The van der Waals surface area contributed by atoms with Crippen molar-refractivity contribution in [3.05, 3.63) is 58.2 Å². The van der Waals surface area contributed by atoms with Gasteiger partial charge in [-0.05, 0) is 35.1 Å². The van der Waals surface area contributed by atoms with Crippen LogP contribution in [0.15, 0.2) is 52.3 Å². The Balaban J connectivity index is 2.91. The lowest BCUT2D eigenvalue weighted by Crippen LogP contribution is -2.40. The first kappa shape index (κ1) is 20.1. The molecule has 0 spiro atoms. The lowest BCUT2D eigenvalue weighted by molar-refractivity contribution is 0.139. The summed E-state index contributed by atoms with van der Waals surface area (Å²) in [5.74, 6) is -0.242. The van der Waals surface area contributed by atoms with Gasteiger partial charge in [0.2, 0.25) is 0 Å². The predicted molar refractivity (Wildman–Crippen MR) is 92.6 cm³/mol. The Morgan fingerprint density at radius 1 is 1.17 bits per heavy atom. The monoisotopic (exact) mass is 369 g/mol. The average Bonchev–Trinajstić information content (AvgIpc) is 2.61. The fraction of sp³-hybridized carbons (Fsp3) is 0.286. The second kappa shape index (κ2) is 9.38. The molecule has 0 aliphatic rings. The molecule has 0 saturated heterocycles.